The van der Waals surface area contributed by atoms with Gasteiger partial charge in [0.1, 0.15) is 11.6 Å². The molecule has 3 rings (SSSR count). The summed E-state index contributed by atoms with van der Waals surface area (Å²) in [7, 11) is 0. The van der Waals surface area contributed by atoms with Crippen LogP contribution in [0.5, 0.6) is 0 Å². The molecule has 2 amide bonds. The van der Waals surface area contributed by atoms with Crippen LogP contribution in [0.25, 0.3) is 0 Å². The molecule has 0 aliphatic carbocycles. The van der Waals surface area contributed by atoms with Gasteiger partial charge in [-0.15, -0.1) is 0 Å². The van der Waals surface area contributed by atoms with Crippen molar-refractivity contribution >= 4 is 11.8 Å². The maximum Gasteiger partial charge on any atom is 0.254 e. The van der Waals surface area contributed by atoms with E-state index in [1.807, 2.05) is 30.3 Å². The Morgan fingerprint density at radius 2 is 1.93 bits per heavy atom. The third-order valence-corrected chi connectivity index (χ3v) is 5.05. The molecule has 1 heterocycles. The molecule has 0 radical (unpaired) electrons. The van der Waals surface area contributed by atoms with Gasteiger partial charge in [-0.3, -0.25) is 9.59 Å². The van der Waals surface area contributed by atoms with E-state index in [2.05, 4.69) is 5.32 Å². The van der Waals surface area contributed by atoms with Crippen molar-refractivity contribution in [2.24, 2.45) is 0 Å². The SMILES string of the molecule is O=C(NCCCC(=O)N(Cc1ccccc1)CC1CCCO1)c1ccc(F)cc1F. The molecule has 1 aliphatic heterocycles. The fourth-order valence-electron chi connectivity index (χ4n) is 3.46. The van der Waals surface area contributed by atoms with Crippen molar-refractivity contribution in [3.63, 3.8) is 0 Å². The van der Waals surface area contributed by atoms with Gasteiger partial charge in [0.2, 0.25) is 5.91 Å². The zero-order valence-corrected chi connectivity index (χ0v) is 16.8. The van der Waals surface area contributed by atoms with Crippen molar-refractivity contribution in [2.45, 2.75) is 38.3 Å². The molecule has 0 saturated carbocycles. The number of nitrogens with zero attached hydrogens (tertiary/aromatic N) is 1. The van der Waals surface area contributed by atoms with Gasteiger partial charge in [-0.2, -0.15) is 0 Å². The molecule has 160 valence electrons. The van der Waals surface area contributed by atoms with Crippen molar-refractivity contribution in [1.29, 1.82) is 0 Å². The molecule has 1 fully saturated rings. The number of nitrogens with one attached hydrogen (secondary N) is 1. The van der Waals surface area contributed by atoms with E-state index in [1.165, 1.54) is 0 Å². The van der Waals surface area contributed by atoms with Gasteiger partial charge in [-0.25, -0.2) is 8.78 Å². The van der Waals surface area contributed by atoms with Crippen LogP contribution in [-0.4, -0.2) is 42.5 Å². The Balaban J connectivity index is 1.50. The van der Waals surface area contributed by atoms with Crippen molar-refractivity contribution in [3.8, 4) is 0 Å². The van der Waals surface area contributed by atoms with Crippen molar-refractivity contribution in [3.05, 3.63) is 71.3 Å². The molecule has 1 unspecified atom stereocenters. The molecule has 0 bridgehead atoms. The fourth-order valence-corrected chi connectivity index (χ4v) is 3.46. The largest absolute Gasteiger partial charge is 0.376 e. The topological polar surface area (TPSA) is 58.6 Å². The third kappa shape index (κ3) is 6.35. The smallest absolute Gasteiger partial charge is 0.254 e. The Kier molecular flexibility index (Phi) is 7.90. The molecule has 2 aromatic rings. The normalized spacial score (nSPS) is 15.7. The minimum Gasteiger partial charge on any atom is -0.376 e. The highest BCUT2D eigenvalue weighted by Gasteiger charge is 2.22. The number of carbonyl (C=O) groups excluding carboxylic acids is 2. The van der Waals surface area contributed by atoms with E-state index in [1.54, 1.807) is 4.90 Å². The summed E-state index contributed by atoms with van der Waals surface area (Å²) in [6.07, 6.45) is 2.68. The van der Waals surface area contributed by atoms with Gasteiger partial charge in [0, 0.05) is 38.7 Å². The minimum atomic E-state index is -0.908. The summed E-state index contributed by atoms with van der Waals surface area (Å²) < 4.78 is 32.3. The van der Waals surface area contributed by atoms with E-state index in [-0.39, 0.29) is 30.5 Å². The van der Waals surface area contributed by atoms with Crippen molar-refractivity contribution < 1.29 is 23.1 Å². The molecule has 1 atom stereocenters. The Morgan fingerprint density at radius 3 is 2.63 bits per heavy atom. The van der Waals surface area contributed by atoms with Gasteiger partial charge in [-0.05, 0) is 37.0 Å². The Labute approximate surface area is 175 Å². The van der Waals surface area contributed by atoms with E-state index < -0.39 is 17.5 Å². The first-order chi connectivity index (χ1) is 14.5. The third-order valence-electron chi connectivity index (χ3n) is 5.05. The molecule has 7 heteroatoms. The lowest BCUT2D eigenvalue weighted by molar-refractivity contribution is -0.133. The van der Waals surface area contributed by atoms with E-state index in [9.17, 15) is 18.4 Å². The Morgan fingerprint density at radius 1 is 1.13 bits per heavy atom. The van der Waals surface area contributed by atoms with Gasteiger partial charge in [0.25, 0.3) is 5.91 Å². The number of hydrogen-bond donors (Lipinski definition) is 1. The molecule has 0 aromatic heterocycles. The molecule has 1 saturated heterocycles. The van der Waals surface area contributed by atoms with Gasteiger partial charge in [0.15, 0.2) is 0 Å². The second-order valence-corrected chi connectivity index (χ2v) is 7.38. The van der Waals surface area contributed by atoms with Crippen LogP contribution < -0.4 is 5.32 Å². The van der Waals surface area contributed by atoms with Crippen LogP contribution in [0, 0.1) is 11.6 Å². The quantitative estimate of drug-likeness (QED) is 0.635. The van der Waals surface area contributed by atoms with Gasteiger partial charge < -0.3 is 15.0 Å². The van der Waals surface area contributed by atoms with Crippen LogP contribution in [-0.2, 0) is 16.1 Å². The zero-order chi connectivity index (χ0) is 21.3. The fraction of sp³-hybridized carbons (Fsp3) is 0.391. The molecular weight excluding hydrogens is 390 g/mol. The Bertz CT molecular complexity index is 855. The van der Waals surface area contributed by atoms with E-state index >= 15 is 0 Å². The highest BCUT2D eigenvalue weighted by atomic mass is 19.1. The summed E-state index contributed by atoms with van der Waals surface area (Å²) in [6, 6.07) is 12.6. The standard InChI is InChI=1S/C23H26F2N2O3/c24-18-10-11-20(21(25)14-18)23(29)26-12-4-9-22(28)27(16-19-8-5-13-30-19)15-17-6-2-1-3-7-17/h1-3,6-7,10-11,14,19H,4-5,8-9,12-13,15-16H2,(H,26,29). The van der Waals surface area contributed by atoms with E-state index in [0.717, 1.165) is 37.1 Å². The monoisotopic (exact) mass is 416 g/mol. The summed E-state index contributed by atoms with van der Waals surface area (Å²) in [5.74, 6) is -2.29. The molecule has 5 nitrogen and oxygen atoms in total. The maximum atomic E-state index is 13.7. The lowest BCUT2D eigenvalue weighted by Crippen LogP contribution is -2.37. The van der Waals surface area contributed by atoms with Crippen molar-refractivity contribution in [1.82, 2.24) is 10.2 Å². The zero-order valence-electron chi connectivity index (χ0n) is 16.8. The van der Waals surface area contributed by atoms with E-state index in [0.29, 0.717) is 25.6 Å². The first-order valence-electron chi connectivity index (χ1n) is 10.2. The van der Waals surface area contributed by atoms with Gasteiger partial charge >= 0.3 is 0 Å². The highest BCUT2D eigenvalue weighted by Crippen LogP contribution is 2.16. The first kappa shape index (κ1) is 21.9. The van der Waals surface area contributed by atoms with Crippen LogP contribution in [0.1, 0.15) is 41.6 Å². The lowest BCUT2D eigenvalue weighted by atomic mass is 10.1. The second-order valence-electron chi connectivity index (χ2n) is 7.38. The molecule has 0 spiro atoms. The number of halogens is 2. The predicted octanol–water partition coefficient (Wildman–Crippen LogP) is 3.68. The summed E-state index contributed by atoms with van der Waals surface area (Å²) in [5.41, 5.74) is 0.829. The van der Waals surface area contributed by atoms with E-state index in [4.69, 9.17) is 4.74 Å². The number of ether oxygens (including phenoxy) is 1. The van der Waals surface area contributed by atoms with Gasteiger partial charge in [0.05, 0.1) is 11.7 Å². The molecule has 1 aliphatic rings. The number of carbonyl (C=O) groups is 2. The van der Waals surface area contributed by atoms with Gasteiger partial charge in [-0.1, -0.05) is 30.3 Å². The van der Waals surface area contributed by atoms with Crippen LogP contribution >= 0.6 is 0 Å². The summed E-state index contributed by atoms with van der Waals surface area (Å²) in [5, 5.41) is 2.58. The predicted molar refractivity (Wildman–Crippen MR) is 109 cm³/mol. The molecule has 1 N–H and O–H groups in total. The lowest BCUT2D eigenvalue weighted by Gasteiger charge is -2.26. The van der Waals surface area contributed by atoms with Crippen LogP contribution in [0.15, 0.2) is 48.5 Å². The van der Waals surface area contributed by atoms with Crippen LogP contribution in [0.2, 0.25) is 0 Å². The first-order valence-corrected chi connectivity index (χ1v) is 10.2. The average molecular weight is 416 g/mol. The van der Waals surface area contributed by atoms with Crippen molar-refractivity contribution in [2.75, 3.05) is 19.7 Å². The number of amides is 2. The second kappa shape index (κ2) is 10.8. The van der Waals surface area contributed by atoms with Crippen LogP contribution in [0.4, 0.5) is 8.78 Å². The highest BCUT2D eigenvalue weighted by molar-refractivity contribution is 5.94. The summed E-state index contributed by atoms with van der Waals surface area (Å²) in [4.78, 5) is 26.6. The number of hydrogen-bond acceptors (Lipinski definition) is 3. The number of rotatable bonds is 9. The Hall–Kier alpha value is -2.80. The van der Waals surface area contributed by atoms with Crippen LogP contribution in [0.3, 0.4) is 0 Å². The average Bonchev–Trinajstić information content (AvgIpc) is 3.24. The number of benzene rings is 2. The summed E-state index contributed by atoms with van der Waals surface area (Å²) in [6.45, 7) is 2.00. The molecular formula is C23H26F2N2O3. The molecule has 2 aromatic carbocycles. The maximum absolute atomic E-state index is 13.7. The minimum absolute atomic E-state index is 0.0171. The summed E-state index contributed by atoms with van der Waals surface area (Å²) >= 11 is 0. The molecule has 30 heavy (non-hydrogen) atoms.